The number of nitrogens with one attached hydrogen (secondary N) is 1. The molecule has 1 aromatic heterocycles. The van der Waals surface area contributed by atoms with E-state index >= 15 is 0 Å². The fourth-order valence-electron chi connectivity index (χ4n) is 4.12. The minimum Gasteiger partial charge on any atom is -0.376 e. The minimum atomic E-state index is -0.145. The van der Waals surface area contributed by atoms with Gasteiger partial charge in [0.05, 0.1) is 23.0 Å². The third kappa shape index (κ3) is 3.76. The second kappa shape index (κ2) is 7.80. The normalized spacial score (nSPS) is 21.3. The fraction of sp³-hybridized carbons (Fsp3) is 0.571. The van der Waals surface area contributed by atoms with Crippen LogP contribution in [0.5, 0.6) is 0 Å². The van der Waals surface area contributed by atoms with Crippen LogP contribution in [0, 0.1) is 0 Å². The molecule has 144 valence electrons. The Morgan fingerprint density at radius 2 is 2.11 bits per heavy atom. The van der Waals surface area contributed by atoms with Crippen LogP contribution in [-0.4, -0.2) is 34.2 Å². The maximum Gasteiger partial charge on any atom is 0.261 e. The van der Waals surface area contributed by atoms with Crippen LogP contribution in [0.15, 0.2) is 23.0 Å². The summed E-state index contributed by atoms with van der Waals surface area (Å²) in [5.41, 5.74) is 1.16. The lowest BCUT2D eigenvalue weighted by atomic mass is 10.1. The summed E-state index contributed by atoms with van der Waals surface area (Å²) in [6.07, 6.45) is 7.32. The predicted molar refractivity (Wildman–Crippen MR) is 104 cm³/mol. The molecule has 1 N–H and O–H groups in total. The van der Waals surface area contributed by atoms with Gasteiger partial charge in [0.15, 0.2) is 0 Å². The van der Waals surface area contributed by atoms with Crippen LogP contribution in [0.3, 0.4) is 0 Å². The van der Waals surface area contributed by atoms with Crippen LogP contribution < -0.4 is 10.9 Å². The van der Waals surface area contributed by atoms with Gasteiger partial charge in [0, 0.05) is 25.1 Å². The zero-order valence-electron chi connectivity index (χ0n) is 15.9. The Labute approximate surface area is 158 Å². The SMILES string of the molecule is C[C@@H](NC(=O)c1ccc2c(=O)n3c(nc2c1)CCCCCC3)[C@@H]1CCCO1. The van der Waals surface area contributed by atoms with E-state index in [1.54, 1.807) is 18.2 Å². The Balaban J connectivity index is 1.62. The molecule has 4 rings (SSSR count). The zero-order chi connectivity index (χ0) is 18.8. The third-order valence-corrected chi connectivity index (χ3v) is 5.71. The first-order valence-corrected chi connectivity index (χ1v) is 10.1. The molecule has 1 fully saturated rings. The molecule has 0 saturated carbocycles. The minimum absolute atomic E-state index is 0.0107. The number of amides is 1. The Morgan fingerprint density at radius 3 is 2.93 bits per heavy atom. The van der Waals surface area contributed by atoms with Gasteiger partial charge in [-0.3, -0.25) is 14.2 Å². The molecule has 0 spiro atoms. The Bertz CT molecular complexity index is 899. The molecule has 3 heterocycles. The summed E-state index contributed by atoms with van der Waals surface area (Å²) in [4.78, 5) is 30.3. The van der Waals surface area contributed by atoms with Crippen molar-refractivity contribution < 1.29 is 9.53 Å². The molecule has 2 atom stereocenters. The van der Waals surface area contributed by atoms with Crippen molar-refractivity contribution in [3.8, 4) is 0 Å². The lowest BCUT2D eigenvalue weighted by Crippen LogP contribution is -2.40. The maximum absolute atomic E-state index is 12.9. The molecule has 2 aliphatic heterocycles. The van der Waals surface area contributed by atoms with Crippen molar-refractivity contribution in [1.82, 2.24) is 14.9 Å². The van der Waals surface area contributed by atoms with Crippen molar-refractivity contribution in [2.45, 2.75) is 70.6 Å². The number of fused-ring (bicyclic) bond motifs is 2. The molecule has 2 aliphatic rings. The van der Waals surface area contributed by atoms with Crippen LogP contribution >= 0.6 is 0 Å². The van der Waals surface area contributed by atoms with Crippen LogP contribution in [0.25, 0.3) is 10.9 Å². The summed E-state index contributed by atoms with van der Waals surface area (Å²) in [6.45, 7) is 3.47. The number of ether oxygens (including phenoxy) is 1. The molecule has 6 heteroatoms. The van der Waals surface area contributed by atoms with Crippen molar-refractivity contribution in [3.63, 3.8) is 0 Å². The first kappa shape index (κ1) is 18.2. The smallest absolute Gasteiger partial charge is 0.261 e. The summed E-state index contributed by atoms with van der Waals surface area (Å²) >= 11 is 0. The van der Waals surface area contributed by atoms with Crippen molar-refractivity contribution in [2.75, 3.05) is 6.61 Å². The molecule has 6 nitrogen and oxygen atoms in total. The van der Waals surface area contributed by atoms with Crippen molar-refractivity contribution >= 4 is 16.8 Å². The molecule has 2 aromatic rings. The summed E-state index contributed by atoms with van der Waals surface area (Å²) < 4.78 is 7.47. The lowest BCUT2D eigenvalue weighted by Gasteiger charge is -2.20. The number of carbonyl (C=O) groups excluding carboxylic acids is 1. The van der Waals surface area contributed by atoms with E-state index in [9.17, 15) is 9.59 Å². The molecule has 0 unspecified atom stereocenters. The second-order valence-electron chi connectivity index (χ2n) is 7.69. The van der Waals surface area contributed by atoms with Crippen molar-refractivity contribution in [3.05, 3.63) is 39.9 Å². The van der Waals surface area contributed by atoms with E-state index in [0.717, 1.165) is 57.5 Å². The molecule has 0 radical (unpaired) electrons. The molecule has 0 bridgehead atoms. The molecule has 1 saturated heterocycles. The lowest BCUT2D eigenvalue weighted by molar-refractivity contribution is 0.0712. The van der Waals surface area contributed by atoms with Gasteiger partial charge in [-0.2, -0.15) is 0 Å². The number of carbonyl (C=O) groups is 1. The van der Waals surface area contributed by atoms with E-state index in [-0.39, 0.29) is 23.6 Å². The Hall–Kier alpha value is -2.21. The first-order valence-electron chi connectivity index (χ1n) is 10.1. The second-order valence-corrected chi connectivity index (χ2v) is 7.69. The van der Waals surface area contributed by atoms with E-state index in [1.165, 1.54) is 6.42 Å². The maximum atomic E-state index is 12.9. The number of rotatable bonds is 3. The van der Waals surface area contributed by atoms with E-state index in [2.05, 4.69) is 5.32 Å². The van der Waals surface area contributed by atoms with Gasteiger partial charge >= 0.3 is 0 Å². The van der Waals surface area contributed by atoms with Gasteiger partial charge in [-0.05, 0) is 50.8 Å². The molecule has 27 heavy (non-hydrogen) atoms. The highest BCUT2D eigenvalue weighted by Crippen LogP contribution is 2.18. The van der Waals surface area contributed by atoms with E-state index in [1.807, 2.05) is 11.5 Å². The van der Waals surface area contributed by atoms with Crippen LogP contribution in [0.1, 0.15) is 61.6 Å². The summed E-state index contributed by atoms with van der Waals surface area (Å²) in [6, 6.07) is 5.17. The van der Waals surface area contributed by atoms with Gasteiger partial charge in [0.25, 0.3) is 11.5 Å². The van der Waals surface area contributed by atoms with Crippen molar-refractivity contribution in [2.24, 2.45) is 0 Å². The molecule has 0 aliphatic carbocycles. The number of benzene rings is 1. The monoisotopic (exact) mass is 369 g/mol. The summed E-state index contributed by atoms with van der Waals surface area (Å²) in [5.74, 6) is 0.700. The van der Waals surface area contributed by atoms with E-state index < -0.39 is 0 Å². The Morgan fingerprint density at radius 1 is 1.26 bits per heavy atom. The number of aryl methyl sites for hydroxylation is 1. The molecular formula is C21H27N3O3. The van der Waals surface area contributed by atoms with Crippen LogP contribution in [-0.2, 0) is 17.7 Å². The van der Waals surface area contributed by atoms with E-state index in [4.69, 9.17) is 9.72 Å². The standard InChI is InChI=1S/C21H27N3O3/c1-14(18-7-6-12-27-18)22-20(25)15-9-10-16-17(13-15)23-19-8-4-2-3-5-11-24(19)21(16)26/h9-10,13-14,18H,2-8,11-12H2,1H3,(H,22,25)/t14-,18+/m1/s1. The highest BCUT2D eigenvalue weighted by molar-refractivity contribution is 5.97. The topological polar surface area (TPSA) is 73.2 Å². The number of nitrogens with zero attached hydrogens (tertiary/aromatic N) is 2. The predicted octanol–water partition coefficient (Wildman–Crippen LogP) is 2.81. The fourth-order valence-corrected chi connectivity index (χ4v) is 4.12. The van der Waals surface area contributed by atoms with Gasteiger partial charge in [-0.1, -0.05) is 12.8 Å². The highest BCUT2D eigenvalue weighted by atomic mass is 16.5. The van der Waals surface area contributed by atoms with Gasteiger partial charge in [0.2, 0.25) is 0 Å². The number of hydrogen-bond donors (Lipinski definition) is 1. The first-order chi connectivity index (χ1) is 13.1. The van der Waals surface area contributed by atoms with Gasteiger partial charge < -0.3 is 10.1 Å². The van der Waals surface area contributed by atoms with E-state index in [0.29, 0.717) is 16.5 Å². The molecule has 1 amide bonds. The quantitative estimate of drug-likeness (QED) is 0.903. The largest absolute Gasteiger partial charge is 0.376 e. The summed E-state index contributed by atoms with van der Waals surface area (Å²) in [5, 5.41) is 3.61. The van der Waals surface area contributed by atoms with Gasteiger partial charge in [-0.15, -0.1) is 0 Å². The zero-order valence-corrected chi connectivity index (χ0v) is 15.9. The van der Waals surface area contributed by atoms with Crippen LogP contribution in [0.2, 0.25) is 0 Å². The average molecular weight is 369 g/mol. The third-order valence-electron chi connectivity index (χ3n) is 5.71. The molecule has 1 aromatic carbocycles. The van der Waals surface area contributed by atoms with Gasteiger partial charge in [0.1, 0.15) is 5.82 Å². The van der Waals surface area contributed by atoms with Crippen molar-refractivity contribution in [1.29, 1.82) is 0 Å². The highest BCUT2D eigenvalue weighted by Gasteiger charge is 2.24. The molecular weight excluding hydrogens is 342 g/mol. The van der Waals surface area contributed by atoms with Crippen LogP contribution in [0.4, 0.5) is 0 Å². The van der Waals surface area contributed by atoms with Gasteiger partial charge in [-0.25, -0.2) is 4.98 Å². The summed E-state index contributed by atoms with van der Waals surface area (Å²) in [7, 11) is 0. The Kier molecular flexibility index (Phi) is 5.25. The average Bonchev–Trinajstić information content (AvgIpc) is 3.18. The number of aromatic nitrogens is 2. The number of hydrogen-bond acceptors (Lipinski definition) is 4.